The van der Waals surface area contributed by atoms with Crippen LogP contribution in [0.2, 0.25) is 25.7 Å². The molecule has 0 fully saturated rings. The summed E-state index contributed by atoms with van der Waals surface area (Å²) in [7, 11) is 2.42. The quantitative estimate of drug-likeness (QED) is 0.538. The van der Waals surface area contributed by atoms with E-state index in [0.29, 0.717) is 0 Å². The SMILES string of the molecule is CC[Si](OC)(OC)OC(P)[Si](C)(C)C. The van der Waals surface area contributed by atoms with Crippen molar-refractivity contribution in [1.29, 1.82) is 0 Å². The van der Waals surface area contributed by atoms with Crippen LogP contribution < -0.4 is 0 Å². The molecule has 0 aliphatic heterocycles. The molecule has 0 aromatic carbocycles. The fourth-order valence-corrected chi connectivity index (χ4v) is 4.99. The van der Waals surface area contributed by atoms with E-state index in [4.69, 9.17) is 13.3 Å². The minimum Gasteiger partial charge on any atom is -0.377 e. The first-order valence-corrected chi connectivity index (χ1v) is 11.0. The third kappa shape index (κ3) is 4.08. The second-order valence-electron chi connectivity index (χ2n) is 4.35. The largest absolute Gasteiger partial charge is 0.500 e. The Bertz CT molecular complexity index is 160. The minimum absolute atomic E-state index is 0.189. The van der Waals surface area contributed by atoms with Gasteiger partial charge in [-0.1, -0.05) is 26.6 Å². The fraction of sp³-hybridized carbons (Fsp3) is 1.00. The normalized spacial score (nSPS) is 15.6. The molecule has 0 aliphatic carbocycles. The monoisotopic (exact) mass is 254 g/mol. The van der Waals surface area contributed by atoms with Crippen LogP contribution in [0.1, 0.15) is 6.92 Å². The van der Waals surface area contributed by atoms with E-state index in [1.54, 1.807) is 14.2 Å². The molecule has 0 bridgehead atoms. The van der Waals surface area contributed by atoms with Crippen LogP contribution in [0, 0.1) is 0 Å². The summed E-state index contributed by atoms with van der Waals surface area (Å²) in [6.07, 6.45) is 0. The average Bonchev–Trinajstić information content (AvgIpc) is 2.12. The Morgan fingerprint density at radius 1 is 1.14 bits per heavy atom. The van der Waals surface area contributed by atoms with Gasteiger partial charge in [0.05, 0.1) is 13.5 Å². The molecule has 14 heavy (non-hydrogen) atoms. The summed E-state index contributed by atoms with van der Waals surface area (Å²) in [5.41, 5.74) is 0.189. The molecule has 0 spiro atoms. The predicted octanol–water partition coefficient (Wildman–Crippen LogP) is 2.33. The summed E-state index contributed by atoms with van der Waals surface area (Å²) >= 11 is 0. The van der Waals surface area contributed by atoms with Gasteiger partial charge in [-0.25, -0.2) is 0 Å². The van der Waals surface area contributed by atoms with Crippen molar-refractivity contribution in [3.8, 4) is 0 Å². The van der Waals surface area contributed by atoms with Crippen LogP contribution in [0.4, 0.5) is 0 Å². The van der Waals surface area contributed by atoms with E-state index < -0.39 is 16.9 Å². The first kappa shape index (κ1) is 14.7. The van der Waals surface area contributed by atoms with Crippen LogP contribution >= 0.6 is 9.24 Å². The van der Waals surface area contributed by atoms with Gasteiger partial charge >= 0.3 is 8.80 Å². The Kier molecular flexibility index (Phi) is 6.03. The van der Waals surface area contributed by atoms with Gasteiger partial charge in [0, 0.05) is 20.3 Å². The molecule has 0 amide bonds. The van der Waals surface area contributed by atoms with E-state index in [0.717, 1.165) is 6.04 Å². The molecule has 0 aliphatic rings. The van der Waals surface area contributed by atoms with Gasteiger partial charge in [0.1, 0.15) is 0 Å². The van der Waals surface area contributed by atoms with E-state index in [1.807, 2.05) is 6.92 Å². The minimum atomic E-state index is -2.38. The van der Waals surface area contributed by atoms with Gasteiger partial charge in [-0.3, -0.25) is 0 Å². The highest BCUT2D eigenvalue weighted by Crippen LogP contribution is 2.24. The molecule has 0 N–H and O–H groups in total. The van der Waals surface area contributed by atoms with Crippen molar-refractivity contribution >= 4 is 26.1 Å². The van der Waals surface area contributed by atoms with Gasteiger partial charge in [-0.05, 0) is 0 Å². The zero-order chi connectivity index (χ0) is 11.4. The van der Waals surface area contributed by atoms with Crippen molar-refractivity contribution in [1.82, 2.24) is 0 Å². The van der Waals surface area contributed by atoms with Crippen molar-refractivity contribution in [3.05, 3.63) is 0 Å². The van der Waals surface area contributed by atoms with Crippen molar-refractivity contribution in [3.63, 3.8) is 0 Å². The molecule has 3 nitrogen and oxygen atoms in total. The summed E-state index contributed by atoms with van der Waals surface area (Å²) in [6.45, 7) is 8.85. The molecule has 2 atom stereocenters. The first-order chi connectivity index (χ1) is 6.31. The second-order valence-corrected chi connectivity index (χ2v) is 14.0. The first-order valence-electron chi connectivity index (χ1n) is 4.85. The zero-order valence-corrected chi connectivity index (χ0v) is 13.2. The molecule has 6 heteroatoms. The lowest BCUT2D eigenvalue weighted by molar-refractivity contribution is 0.107. The van der Waals surface area contributed by atoms with Crippen LogP contribution in [0.25, 0.3) is 0 Å². The summed E-state index contributed by atoms with van der Waals surface area (Å²) in [4.78, 5) is 0. The highest BCUT2D eigenvalue weighted by atomic mass is 31.0. The molecular weight excluding hydrogens is 231 g/mol. The van der Waals surface area contributed by atoms with Gasteiger partial charge in [-0.2, -0.15) is 0 Å². The van der Waals surface area contributed by atoms with Crippen molar-refractivity contribution in [2.24, 2.45) is 0 Å². The fourth-order valence-electron chi connectivity index (χ4n) is 0.922. The lowest BCUT2D eigenvalue weighted by atomic mass is 11.0. The van der Waals surface area contributed by atoms with E-state index >= 15 is 0 Å². The van der Waals surface area contributed by atoms with Gasteiger partial charge in [0.15, 0.2) is 0 Å². The molecule has 0 heterocycles. The molecular formula is C8H23O3PSi2. The van der Waals surface area contributed by atoms with Crippen molar-refractivity contribution in [2.45, 2.75) is 38.1 Å². The molecule has 86 valence electrons. The number of hydrogen-bond donors (Lipinski definition) is 0. The van der Waals surface area contributed by atoms with Gasteiger partial charge < -0.3 is 13.3 Å². The average molecular weight is 254 g/mol. The predicted molar refractivity (Wildman–Crippen MR) is 68.2 cm³/mol. The Morgan fingerprint density at radius 3 is 1.79 bits per heavy atom. The van der Waals surface area contributed by atoms with Crippen LogP contribution in [0.15, 0.2) is 0 Å². The van der Waals surface area contributed by atoms with Crippen LogP contribution in [-0.2, 0) is 13.3 Å². The molecule has 0 rings (SSSR count). The van der Waals surface area contributed by atoms with Crippen molar-refractivity contribution in [2.75, 3.05) is 14.2 Å². The summed E-state index contributed by atoms with van der Waals surface area (Å²) in [5.74, 6) is 0. The molecule has 0 radical (unpaired) electrons. The highest BCUT2D eigenvalue weighted by molar-refractivity contribution is 7.24. The third-order valence-corrected chi connectivity index (χ3v) is 10.4. The summed E-state index contributed by atoms with van der Waals surface area (Å²) in [5, 5.41) is 0. The zero-order valence-electron chi connectivity index (χ0n) is 10.1. The Hall–Kier alpha value is 0.744. The van der Waals surface area contributed by atoms with E-state index in [-0.39, 0.29) is 5.47 Å². The van der Waals surface area contributed by atoms with Crippen LogP contribution in [-0.4, -0.2) is 36.6 Å². The topological polar surface area (TPSA) is 27.7 Å². The molecule has 0 saturated carbocycles. The molecule has 0 aromatic heterocycles. The van der Waals surface area contributed by atoms with Crippen LogP contribution in [0.3, 0.4) is 0 Å². The standard InChI is InChI=1S/C8H23O3PSi2/c1-7-14(9-2,10-3)11-8(12)13(4,5)6/h8H,7,12H2,1-6H3. The summed E-state index contributed by atoms with van der Waals surface area (Å²) in [6, 6.07) is 0.815. The van der Waals surface area contributed by atoms with Gasteiger partial charge in [0.2, 0.25) is 0 Å². The highest BCUT2D eigenvalue weighted by Gasteiger charge is 2.41. The van der Waals surface area contributed by atoms with Crippen LogP contribution in [0.5, 0.6) is 0 Å². The smallest absolute Gasteiger partial charge is 0.377 e. The Balaban J connectivity index is 4.45. The second kappa shape index (κ2) is 5.73. The van der Waals surface area contributed by atoms with E-state index in [9.17, 15) is 0 Å². The van der Waals surface area contributed by atoms with E-state index in [2.05, 4.69) is 28.9 Å². The molecule has 0 aromatic rings. The van der Waals surface area contributed by atoms with Crippen molar-refractivity contribution < 1.29 is 13.3 Å². The summed E-state index contributed by atoms with van der Waals surface area (Å²) < 4.78 is 16.8. The maximum atomic E-state index is 5.97. The van der Waals surface area contributed by atoms with Gasteiger partial charge in [0.25, 0.3) is 0 Å². The lowest BCUT2D eigenvalue weighted by Gasteiger charge is -2.33. The maximum absolute atomic E-state index is 5.97. The Morgan fingerprint density at radius 2 is 1.57 bits per heavy atom. The molecule has 0 saturated heterocycles. The Labute approximate surface area is 92.1 Å². The van der Waals surface area contributed by atoms with E-state index in [1.165, 1.54) is 0 Å². The lowest BCUT2D eigenvalue weighted by Crippen LogP contribution is -2.50. The third-order valence-electron chi connectivity index (χ3n) is 2.22. The molecule has 2 unspecified atom stereocenters. The number of rotatable bonds is 6. The van der Waals surface area contributed by atoms with Gasteiger partial charge in [-0.15, -0.1) is 9.24 Å². The number of hydrogen-bond acceptors (Lipinski definition) is 3. The maximum Gasteiger partial charge on any atom is 0.500 e.